The first-order chi connectivity index (χ1) is 7.93. The van der Waals surface area contributed by atoms with Gasteiger partial charge in [-0.3, -0.25) is 0 Å². The van der Waals surface area contributed by atoms with Gasteiger partial charge in [0.25, 0.3) is 0 Å². The van der Waals surface area contributed by atoms with E-state index in [0.29, 0.717) is 0 Å². The molecule has 0 heterocycles. The van der Waals surface area contributed by atoms with Crippen LogP contribution in [0.3, 0.4) is 0 Å². The molecule has 0 heteroatoms. The summed E-state index contributed by atoms with van der Waals surface area (Å²) in [6.45, 7) is 0. The molecule has 0 N–H and O–H groups in total. The summed E-state index contributed by atoms with van der Waals surface area (Å²) in [7, 11) is 0. The Hall–Kier alpha value is -2.08. The van der Waals surface area contributed by atoms with Crippen LogP contribution in [0.5, 0.6) is 0 Å². The Morgan fingerprint density at radius 3 is 1.88 bits per heavy atom. The predicted molar refractivity (Wildman–Crippen MR) is 69.6 cm³/mol. The minimum absolute atomic E-state index is 1.22. The molecule has 0 amide bonds. The number of benzene rings is 2. The topological polar surface area (TPSA) is 0 Å². The third-order valence-corrected chi connectivity index (χ3v) is 2.81. The molecule has 1 radical (unpaired) electrons. The minimum Gasteiger partial charge on any atom is -0.0616 e. The first kappa shape index (κ1) is 9.17. The highest BCUT2D eigenvalue weighted by atomic mass is 14.0. The molecule has 0 nitrogen and oxygen atoms in total. The molecular weight excluding hydrogens is 192 g/mol. The van der Waals surface area contributed by atoms with Crippen molar-refractivity contribution < 1.29 is 0 Å². The Kier molecular flexibility index (Phi) is 2.19. The van der Waals surface area contributed by atoms with E-state index in [-0.39, 0.29) is 0 Å². The summed E-state index contributed by atoms with van der Waals surface area (Å²) in [6, 6.07) is 17.6. The Morgan fingerprint density at radius 1 is 0.625 bits per heavy atom. The fourth-order valence-electron chi connectivity index (χ4n) is 1.93. The van der Waals surface area contributed by atoms with E-state index in [4.69, 9.17) is 0 Å². The van der Waals surface area contributed by atoms with Crippen molar-refractivity contribution in [3.8, 4) is 0 Å². The number of hydrogen-bond donors (Lipinski definition) is 0. The number of fused-ring (bicyclic) bond motifs is 2. The van der Waals surface area contributed by atoms with Crippen LogP contribution in [0.2, 0.25) is 0 Å². The second kappa shape index (κ2) is 3.82. The van der Waals surface area contributed by atoms with Crippen LogP contribution in [-0.2, 0) is 0 Å². The zero-order valence-electron chi connectivity index (χ0n) is 8.85. The lowest BCUT2D eigenvalue weighted by atomic mass is 9.99. The summed E-state index contributed by atoms with van der Waals surface area (Å²) < 4.78 is 0. The highest BCUT2D eigenvalue weighted by Crippen LogP contribution is 2.22. The summed E-state index contributed by atoms with van der Waals surface area (Å²) in [6.07, 6.45) is 8.63. The lowest BCUT2D eigenvalue weighted by Crippen LogP contribution is -1.85. The Labute approximate surface area is 95.6 Å². The third-order valence-electron chi connectivity index (χ3n) is 2.81. The van der Waals surface area contributed by atoms with Gasteiger partial charge in [0.15, 0.2) is 0 Å². The van der Waals surface area contributed by atoms with E-state index in [0.717, 1.165) is 0 Å². The highest BCUT2D eigenvalue weighted by molar-refractivity contribution is 5.85. The van der Waals surface area contributed by atoms with E-state index in [9.17, 15) is 0 Å². The molecule has 0 spiro atoms. The van der Waals surface area contributed by atoms with Crippen molar-refractivity contribution in [1.29, 1.82) is 0 Å². The molecule has 0 fully saturated rings. The monoisotopic (exact) mass is 203 g/mol. The lowest BCUT2D eigenvalue weighted by Gasteiger charge is -2.06. The second-order valence-corrected chi connectivity index (χ2v) is 3.85. The standard InChI is InChI=1S/C16H11/c1-2-6-14-11-12-16-8-4-3-7-15(16)10-9-13(14)5-1/h1-3,5-12H. The first-order valence-electron chi connectivity index (χ1n) is 5.39. The molecule has 0 aliphatic heterocycles. The Balaban J connectivity index is 2.18. The van der Waals surface area contributed by atoms with Crippen molar-refractivity contribution in [2.45, 2.75) is 0 Å². The molecule has 0 aromatic heterocycles. The molecule has 1 aliphatic carbocycles. The molecule has 75 valence electrons. The first-order valence-corrected chi connectivity index (χ1v) is 5.39. The smallest absolute Gasteiger partial charge is 0.0177 e. The maximum atomic E-state index is 3.11. The van der Waals surface area contributed by atoms with E-state index in [2.05, 4.69) is 60.7 Å². The summed E-state index contributed by atoms with van der Waals surface area (Å²) in [5.74, 6) is 0. The molecule has 2 aromatic rings. The molecule has 0 atom stereocenters. The normalized spacial score (nSPS) is 12.5. The SMILES string of the molecule is [c]1ccc2c(c1)C=Cc1ccccc1C=C2. The van der Waals surface area contributed by atoms with Gasteiger partial charge >= 0.3 is 0 Å². The van der Waals surface area contributed by atoms with Crippen molar-refractivity contribution in [1.82, 2.24) is 0 Å². The Bertz CT molecular complexity index is 471. The van der Waals surface area contributed by atoms with E-state index < -0.39 is 0 Å². The molecule has 0 saturated carbocycles. The van der Waals surface area contributed by atoms with Gasteiger partial charge in [0.1, 0.15) is 0 Å². The van der Waals surface area contributed by atoms with Crippen LogP contribution in [0.4, 0.5) is 0 Å². The van der Waals surface area contributed by atoms with Crippen LogP contribution in [0, 0.1) is 6.07 Å². The van der Waals surface area contributed by atoms with E-state index in [1.807, 2.05) is 12.1 Å². The number of rotatable bonds is 0. The van der Waals surface area contributed by atoms with Crippen molar-refractivity contribution >= 4 is 24.3 Å². The fourth-order valence-corrected chi connectivity index (χ4v) is 1.93. The molecule has 0 unspecified atom stereocenters. The van der Waals surface area contributed by atoms with Crippen molar-refractivity contribution in [2.75, 3.05) is 0 Å². The highest BCUT2D eigenvalue weighted by Gasteiger charge is 2.00. The summed E-state index contributed by atoms with van der Waals surface area (Å²) in [5, 5.41) is 0. The minimum atomic E-state index is 1.22. The zero-order valence-corrected chi connectivity index (χ0v) is 8.85. The average Bonchev–Trinajstić information content (AvgIpc) is 2.32. The van der Waals surface area contributed by atoms with E-state index in [1.54, 1.807) is 0 Å². The molecular formula is C16H11. The van der Waals surface area contributed by atoms with Gasteiger partial charge < -0.3 is 0 Å². The van der Waals surface area contributed by atoms with Gasteiger partial charge in [-0.2, -0.15) is 0 Å². The Morgan fingerprint density at radius 2 is 1.19 bits per heavy atom. The van der Waals surface area contributed by atoms with Gasteiger partial charge in [-0.25, -0.2) is 0 Å². The van der Waals surface area contributed by atoms with Gasteiger partial charge in [-0.15, -0.1) is 0 Å². The molecule has 0 bridgehead atoms. The molecule has 16 heavy (non-hydrogen) atoms. The van der Waals surface area contributed by atoms with Gasteiger partial charge in [0.2, 0.25) is 0 Å². The second-order valence-electron chi connectivity index (χ2n) is 3.85. The van der Waals surface area contributed by atoms with E-state index in [1.165, 1.54) is 22.3 Å². The maximum absolute atomic E-state index is 3.11. The number of hydrogen-bond acceptors (Lipinski definition) is 0. The maximum Gasteiger partial charge on any atom is -0.0177 e. The quantitative estimate of drug-likeness (QED) is 0.515. The van der Waals surface area contributed by atoms with Gasteiger partial charge in [0, 0.05) is 0 Å². The van der Waals surface area contributed by atoms with E-state index >= 15 is 0 Å². The predicted octanol–water partition coefficient (Wildman–Crippen LogP) is 4.14. The lowest BCUT2D eigenvalue weighted by molar-refractivity contribution is 1.57. The van der Waals surface area contributed by atoms with Crippen molar-refractivity contribution in [3.05, 3.63) is 70.8 Å². The largest absolute Gasteiger partial charge is 0.0616 e. The van der Waals surface area contributed by atoms with Gasteiger partial charge in [-0.05, 0) is 34.4 Å². The molecule has 2 aromatic carbocycles. The molecule has 1 aliphatic rings. The molecule has 0 saturated heterocycles. The van der Waals surface area contributed by atoms with Gasteiger partial charge in [-0.1, -0.05) is 60.7 Å². The summed E-state index contributed by atoms with van der Waals surface area (Å²) in [4.78, 5) is 0. The molecule has 3 rings (SSSR count). The van der Waals surface area contributed by atoms with Gasteiger partial charge in [0.05, 0.1) is 0 Å². The van der Waals surface area contributed by atoms with Crippen LogP contribution in [0.1, 0.15) is 22.3 Å². The van der Waals surface area contributed by atoms with Crippen LogP contribution < -0.4 is 0 Å². The average molecular weight is 203 g/mol. The van der Waals surface area contributed by atoms with Crippen LogP contribution in [0.25, 0.3) is 24.3 Å². The summed E-state index contributed by atoms with van der Waals surface area (Å²) >= 11 is 0. The van der Waals surface area contributed by atoms with Crippen molar-refractivity contribution in [3.63, 3.8) is 0 Å². The summed E-state index contributed by atoms with van der Waals surface area (Å²) in [5.41, 5.74) is 4.98. The zero-order chi connectivity index (χ0) is 10.8. The fraction of sp³-hybridized carbons (Fsp3) is 0. The van der Waals surface area contributed by atoms with Crippen LogP contribution in [0.15, 0.2) is 42.5 Å². The van der Waals surface area contributed by atoms with Crippen LogP contribution in [-0.4, -0.2) is 0 Å². The van der Waals surface area contributed by atoms with Crippen molar-refractivity contribution in [2.24, 2.45) is 0 Å². The van der Waals surface area contributed by atoms with Crippen LogP contribution >= 0.6 is 0 Å². The third kappa shape index (κ3) is 1.59.